The van der Waals surface area contributed by atoms with Crippen LogP contribution in [0.1, 0.15) is 31.2 Å². The molecule has 6 nitrogen and oxygen atoms in total. The number of hydrogen-bond donors (Lipinski definition) is 1. The van der Waals surface area contributed by atoms with Gasteiger partial charge in [0.05, 0.1) is 5.71 Å². The molecule has 0 saturated carbocycles. The van der Waals surface area contributed by atoms with Crippen LogP contribution in [0.5, 0.6) is 0 Å². The maximum absolute atomic E-state index is 12.0. The molecule has 0 spiro atoms. The molecule has 0 aliphatic carbocycles. The van der Waals surface area contributed by atoms with Gasteiger partial charge in [-0.1, -0.05) is 42.1 Å². The van der Waals surface area contributed by atoms with Gasteiger partial charge in [0.15, 0.2) is 11.4 Å². The van der Waals surface area contributed by atoms with Crippen LogP contribution in [0.2, 0.25) is 0 Å². The number of unbranched alkanes of at least 4 members (excludes halogenated alkanes) is 1. The van der Waals surface area contributed by atoms with E-state index in [1.165, 1.54) is 11.8 Å². The number of carbonyl (C=O) groups is 1. The Bertz CT molecular complexity index is 651. The highest BCUT2D eigenvalue weighted by molar-refractivity contribution is 8.13. The number of thioether (sulfide) groups is 1. The molecule has 0 atom stereocenters. The molecule has 0 unspecified atom stereocenters. The molecule has 1 aromatic rings. The summed E-state index contributed by atoms with van der Waals surface area (Å²) in [7, 11) is 0. The average Bonchev–Trinajstić information content (AvgIpc) is 2.62. The molecule has 1 aromatic carbocycles. The van der Waals surface area contributed by atoms with Crippen molar-refractivity contribution < 1.29 is 4.79 Å². The first-order chi connectivity index (χ1) is 11.7. The predicted molar refractivity (Wildman–Crippen MR) is 97.7 cm³/mol. The lowest BCUT2D eigenvalue weighted by atomic mass is 10.0. The Kier molecular flexibility index (Phi) is 7.30. The van der Waals surface area contributed by atoms with Gasteiger partial charge in [-0.05, 0) is 24.7 Å². The van der Waals surface area contributed by atoms with Crippen molar-refractivity contribution >= 4 is 28.5 Å². The van der Waals surface area contributed by atoms with Crippen LogP contribution >= 0.6 is 11.8 Å². The molecular weight excluding hydrogens is 322 g/mol. The lowest BCUT2D eigenvalue weighted by molar-refractivity contribution is -0.131. The van der Waals surface area contributed by atoms with Crippen molar-refractivity contribution in [3.63, 3.8) is 0 Å². The van der Waals surface area contributed by atoms with E-state index in [1.807, 2.05) is 42.8 Å². The average molecular weight is 343 g/mol. The van der Waals surface area contributed by atoms with Gasteiger partial charge in [-0.25, -0.2) is 5.01 Å². The maximum atomic E-state index is 12.0. The van der Waals surface area contributed by atoms with Gasteiger partial charge in [0, 0.05) is 25.9 Å². The zero-order chi connectivity index (χ0) is 17.2. The fraction of sp³-hybridized carbons (Fsp3) is 0.412. The molecule has 126 valence electrons. The molecule has 7 heteroatoms. The summed E-state index contributed by atoms with van der Waals surface area (Å²) in [6.07, 6.45) is 6.61. The minimum atomic E-state index is 0.0779. The van der Waals surface area contributed by atoms with Crippen molar-refractivity contribution in [3.05, 3.63) is 35.9 Å². The summed E-state index contributed by atoms with van der Waals surface area (Å²) in [5, 5.41) is 17.8. The molecular formula is C17H21N5OS. The van der Waals surface area contributed by atoms with Gasteiger partial charge in [0.25, 0.3) is 0 Å². The second kappa shape index (κ2) is 9.73. The summed E-state index contributed by atoms with van der Waals surface area (Å²) >= 11 is 1.41. The second-order valence-electron chi connectivity index (χ2n) is 5.26. The number of hydrogen-bond acceptors (Lipinski definition) is 5. The minimum Gasteiger partial charge on any atom is -0.273 e. The van der Waals surface area contributed by atoms with E-state index in [9.17, 15) is 4.79 Å². The summed E-state index contributed by atoms with van der Waals surface area (Å²) in [4.78, 5) is 16.3. The highest BCUT2D eigenvalue weighted by Gasteiger charge is 2.20. The maximum Gasteiger partial charge on any atom is 0.243 e. The molecule has 2 rings (SSSR count). The first-order valence-corrected chi connectivity index (χ1v) is 9.14. The number of nitrogens with one attached hydrogen (secondary N) is 1. The quantitative estimate of drug-likeness (QED) is 0.283. The van der Waals surface area contributed by atoms with E-state index in [-0.39, 0.29) is 5.91 Å². The third-order valence-electron chi connectivity index (χ3n) is 3.60. The molecule has 1 N–H and O–H groups in total. The Morgan fingerprint density at radius 2 is 2.17 bits per heavy atom. The summed E-state index contributed by atoms with van der Waals surface area (Å²) < 4.78 is 0. The van der Waals surface area contributed by atoms with Crippen molar-refractivity contribution in [1.29, 1.82) is 5.26 Å². The summed E-state index contributed by atoms with van der Waals surface area (Å²) in [5.74, 6) is 0.0779. The molecule has 1 aliphatic heterocycles. The number of aliphatic imine (C=N–C) groups is 1. The normalized spacial score (nSPS) is 15.0. The van der Waals surface area contributed by atoms with Crippen LogP contribution in [0, 0.1) is 11.5 Å². The zero-order valence-corrected chi connectivity index (χ0v) is 14.6. The Labute approximate surface area is 146 Å². The number of rotatable bonds is 6. The summed E-state index contributed by atoms with van der Waals surface area (Å²) in [6, 6.07) is 9.98. The smallest absolute Gasteiger partial charge is 0.243 e. The van der Waals surface area contributed by atoms with Crippen LogP contribution in [-0.4, -0.2) is 41.1 Å². The number of nitriles is 1. The largest absolute Gasteiger partial charge is 0.273 e. The highest BCUT2D eigenvalue weighted by atomic mass is 32.2. The number of hydrazone groups is 1. The van der Waals surface area contributed by atoms with Crippen LogP contribution in [0.4, 0.5) is 0 Å². The predicted octanol–water partition coefficient (Wildman–Crippen LogP) is 2.58. The fourth-order valence-corrected chi connectivity index (χ4v) is 2.74. The van der Waals surface area contributed by atoms with E-state index in [1.54, 1.807) is 5.01 Å². The minimum absolute atomic E-state index is 0.0779. The van der Waals surface area contributed by atoms with E-state index in [2.05, 4.69) is 15.4 Å². The number of nitrogens with zero attached hydrogens (tertiary/aromatic N) is 4. The third-order valence-corrected chi connectivity index (χ3v) is 4.22. The van der Waals surface area contributed by atoms with Crippen LogP contribution in [0.3, 0.4) is 0 Å². The van der Waals surface area contributed by atoms with Gasteiger partial charge in [0.1, 0.15) is 0 Å². The van der Waals surface area contributed by atoms with Crippen molar-refractivity contribution in [2.75, 3.05) is 19.3 Å². The summed E-state index contributed by atoms with van der Waals surface area (Å²) in [5.41, 5.74) is 2.04. The topological polar surface area (TPSA) is 80.8 Å². The molecule has 0 radical (unpaired) electrons. The molecule has 0 bridgehead atoms. The number of amidine groups is 1. The lowest BCUT2D eigenvalue weighted by Crippen LogP contribution is -2.32. The van der Waals surface area contributed by atoms with Crippen LogP contribution in [0.25, 0.3) is 0 Å². The summed E-state index contributed by atoms with van der Waals surface area (Å²) in [6.45, 7) is 1.23. The standard InChI is InChI=1S/C17H21N5OS/c1-24-17(20-13-18)19-11-5-6-12-22-16(23)10-9-15(21-22)14-7-3-2-4-8-14/h2-4,7-8H,5-6,9-12H2,1H3,(H,19,20). The molecule has 24 heavy (non-hydrogen) atoms. The van der Waals surface area contributed by atoms with Gasteiger partial charge in [0.2, 0.25) is 5.91 Å². The van der Waals surface area contributed by atoms with Crippen molar-refractivity contribution in [3.8, 4) is 6.19 Å². The van der Waals surface area contributed by atoms with Crippen LogP contribution < -0.4 is 5.32 Å². The SMILES string of the molecule is CSC(=NCCCCN1N=C(c2ccccc2)CCC1=O)NC#N. The Morgan fingerprint density at radius 1 is 1.38 bits per heavy atom. The number of benzene rings is 1. The Hall–Kier alpha value is -2.33. The van der Waals surface area contributed by atoms with Crippen molar-refractivity contribution in [1.82, 2.24) is 10.3 Å². The lowest BCUT2D eigenvalue weighted by Gasteiger charge is -2.23. The number of amides is 1. The van der Waals surface area contributed by atoms with E-state index in [0.717, 1.165) is 24.1 Å². The molecule has 1 amide bonds. The highest BCUT2D eigenvalue weighted by Crippen LogP contribution is 2.15. The van der Waals surface area contributed by atoms with Gasteiger partial charge in [-0.15, -0.1) is 0 Å². The molecule has 0 fully saturated rings. The van der Waals surface area contributed by atoms with Crippen LogP contribution in [-0.2, 0) is 4.79 Å². The van der Waals surface area contributed by atoms with Gasteiger partial charge >= 0.3 is 0 Å². The van der Waals surface area contributed by atoms with Gasteiger partial charge in [-0.2, -0.15) is 10.4 Å². The van der Waals surface area contributed by atoms with E-state index < -0.39 is 0 Å². The van der Waals surface area contributed by atoms with Gasteiger partial charge in [-0.3, -0.25) is 15.1 Å². The molecule has 0 saturated heterocycles. The monoisotopic (exact) mass is 343 g/mol. The van der Waals surface area contributed by atoms with E-state index in [0.29, 0.717) is 31.1 Å². The fourth-order valence-electron chi connectivity index (χ4n) is 2.37. The molecule has 1 heterocycles. The van der Waals surface area contributed by atoms with Crippen molar-refractivity contribution in [2.45, 2.75) is 25.7 Å². The van der Waals surface area contributed by atoms with Crippen molar-refractivity contribution in [2.24, 2.45) is 10.1 Å². The Balaban J connectivity index is 1.85. The number of carbonyl (C=O) groups excluding carboxylic acids is 1. The second-order valence-corrected chi connectivity index (χ2v) is 6.06. The Morgan fingerprint density at radius 3 is 2.88 bits per heavy atom. The zero-order valence-electron chi connectivity index (χ0n) is 13.7. The van der Waals surface area contributed by atoms with E-state index in [4.69, 9.17) is 5.26 Å². The first-order valence-electron chi connectivity index (χ1n) is 7.91. The molecule has 1 aliphatic rings. The molecule has 0 aromatic heterocycles. The third kappa shape index (κ3) is 5.39. The van der Waals surface area contributed by atoms with Crippen LogP contribution in [0.15, 0.2) is 40.4 Å². The first kappa shape index (κ1) is 18.0. The van der Waals surface area contributed by atoms with E-state index >= 15 is 0 Å². The van der Waals surface area contributed by atoms with Gasteiger partial charge < -0.3 is 0 Å².